The molecule has 13 heavy (non-hydrogen) atoms. The fourth-order valence-electron chi connectivity index (χ4n) is 1.55. The van der Waals surface area contributed by atoms with Crippen LogP contribution in [0, 0.1) is 6.92 Å². The molecule has 2 rings (SSSR count). The summed E-state index contributed by atoms with van der Waals surface area (Å²) in [5, 5.41) is 0. The van der Waals surface area contributed by atoms with Gasteiger partial charge in [-0.3, -0.25) is 0 Å². The molecular formula is C9H13N3S. The maximum Gasteiger partial charge on any atom is 0.142 e. The van der Waals surface area contributed by atoms with E-state index < -0.39 is 0 Å². The highest BCUT2D eigenvalue weighted by Crippen LogP contribution is 2.24. The SMILES string of the molecule is Cc1nc(CN)nc2c1CSCC2. The summed E-state index contributed by atoms with van der Waals surface area (Å²) >= 11 is 1.95. The van der Waals surface area contributed by atoms with Crippen molar-refractivity contribution < 1.29 is 0 Å². The summed E-state index contributed by atoms with van der Waals surface area (Å²) in [6.45, 7) is 2.49. The average Bonchev–Trinajstić information content (AvgIpc) is 2.18. The molecule has 0 aliphatic carbocycles. The molecule has 0 saturated heterocycles. The van der Waals surface area contributed by atoms with E-state index in [0.29, 0.717) is 6.54 Å². The summed E-state index contributed by atoms with van der Waals surface area (Å²) in [4.78, 5) is 8.80. The van der Waals surface area contributed by atoms with Crippen LogP contribution in [0.1, 0.15) is 22.8 Å². The maximum absolute atomic E-state index is 5.52. The second-order valence-corrected chi connectivity index (χ2v) is 4.26. The molecule has 70 valence electrons. The second-order valence-electron chi connectivity index (χ2n) is 3.16. The maximum atomic E-state index is 5.52. The molecule has 0 bridgehead atoms. The fraction of sp³-hybridized carbons (Fsp3) is 0.556. The Morgan fingerprint density at radius 1 is 1.46 bits per heavy atom. The van der Waals surface area contributed by atoms with Gasteiger partial charge in [0, 0.05) is 22.7 Å². The number of aryl methyl sites for hydroxylation is 2. The number of aromatic nitrogens is 2. The first-order valence-electron chi connectivity index (χ1n) is 4.44. The van der Waals surface area contributed by atoms with E-state index in [4.69, 9.17) is 5.73 Å². The van der Waals surface area contributed by atoms with Crippen molar-refractivity contribution in [2.75, 3.05) is 5.75 Å². The number of nitrogens with zero attached hydrogens (tertiary/aromatic N) is 2. The molecule has 1 aromatic rings. The molecule has 0 aromatic carbocycles. The van der Waals surface area contributed by atoms with E-state index in [9.17, 15) is 0 Å². The van der Waals surface area contributed by atoms with Gasteiger partial charge in [0.05, 0.1) is 6.54 Å². The molecule has 0 saturated carbocycles. The van der Waals surface area contributed by atoms with Crippen LogP contribution in [0.5, 0.6) is 0 Å². The topological polar surface area (TPSA) is 51.8 Å². The zero-order valence-electron chi connectivity index (χ0n) is 7.71. The summed E-state index contributed by atoms with van der Waals surface area (Å²) in [6.07, 6.45) is 1.07. The van der Waals surface area contributed by atoms with Gasteiger partial charge in [0.1, 0.15) is 5.82 Å². The summed E-state index contributed by atoms with van der Waals surface area (Å²) < 4.78 is 0. The molecule has 4 heteroatoms. The Kier molecular flexibility index (Phi) is 2.51. The molecular weight excluding hydrogens is 182 g/mol. The van der Waals surface area contributed by atoms with Crippen molar-refractivity contribution in [3.63, 3.8) is 0 Å². The smallest absolute Gasteiger partial charge is 0.142 e. The van der Waals surface area contributed by atoms with Crippen LogP contribution in [0.4, 0.5) is 0 Å². The highest BCUT2D eigenvalue weighted by atomic mass is 32.2. The summed E-state index contributed by atoms with van der Waals surface area (Å²) in [6, 6.07) is 0. The highest BCUT2D eigenvalue weighted by molar-refractivity contribution is 7.98. The van der Waals surface area contributed by atoms with Gasteiger partial charge in [0.2, 0.25) is 0 Å². The molecule has 2 N–H and O–H groups in total. The molecule has 0 spiro atoms. The Labute approximate surface area is 82.2 Å². The number of thioether (sulfide) groups is 1. The highest BCUT2D eigenvalue weighted by Gasteiger charge is 2.14. The first-order valence-corrected chi connectivity index (χ1v) is 5.60. The van der Waals surface area contributed by atoms with Gasteiger partial charge in [-0.1, -0.05) is 0 Å². The van der Waals surface area contributed by atoms with Crippen molar-refractivity contribution in [3.05, 3.63) is 22.8 Å². The standard InChI is InChI=1S/C9H13N3S/c1-6-7-5-13-3-2-8(7)12-9(4-10)11-6/h2-5,10H2,1H3. The summed E-state index contributed by atoms with van der Waals surface area (Å²) in [5.41, 5.74) is 9.17. The van der Waals surface area contributed by atoms with E-state index >= 15 is 0 Å². The van der Waals surface area contributed by atoms with Gasteiger partial charge in [-0.15, -0.1) is 0 Å². The van der Waals surface area contributed by atoms with E-state index in [0.717, 1.165) is 23.7 Å². The van der Waals surface area contributed by atoms with Crippen LogP contribution in [0.3, 0.4) is 0 Å². The lowest BCUT2D eigenvalue weighted by molar-refractivity contribution is 0.830. The Morgan fingerprint density at radius 3 is 3.08 bits per heavy atom. The zero-order chi connectivity index (χ0) is 9.26. The van der Waals surface area contributed by atoms with E-state index in [-0.39, 0.29) is 0 Å². The number of nitrogens with two attached hydrogens (primary N) is 1. The van der Waals surface area contributed by atoms with Crippen molar-refractivity contribution in [2.24, 2.45) is 5.73 Å². The van der Waals surface area contributed by atoms with Gasteiger partial charge < -0.3 is 5.73 Å². The number of hydrogen-bond donors (Lipinski definition) is 1. The number of rotatable bonds is 1. The molecule has 0 fully saturated rings. The third kappa shape index (κ3) is 1.69. The lowest BCUT2D eigenvalue weighted by atomic mass is 10.1. The van der Waals surface area contributed by atoms with Crippen molar-refractivity contribution in [1.82, 2.24) is 9.97 Å². The normalized spacial score (nSPS) is 15.5. The van der Waals surface area contributed by atoms with Crippen molar-refractivity contribution in [2.45, 2.75) is 25.6 Å². The summed E-state index contributed by atoms with van der Waals surface area (Å²) in [5.74, 6) is 3.02. The van der Waals surface area contributed by atoms with Crippen LogP contribution in [0.2, 0.25) is 0 Å². The van der Waals surface area contributed by atoms with Gasteiger partial charge in [0.25, 0.3) is 0 Å². The van der Waals surface area contributed by atoms with E-state index in [1.807, 2.05) is 18.7 Å². The minimum Gasteiger partial charge on any atom is -0.324 e. The van der Waals surface area contributed by atoms with E-state index in [1.54, 1.807) is 0 Å². The lowest BCUT2D eigenvalue weighted by Gasteiger charge is -2.16. The molecule has 1 aliphatic heterocycles. The third-order valence-electron chi connectivity index (χ3n) is 2.26. The molecule has 0 radical (unpaired) electrons. The average molecular weight is 195 g/mol. The van der Waals surface area contributed by atoms with Gasteiger partial charge in [0.15, 0.2) is 0 Å². The monoisotopic (exact) mass is 195 g/mol. The lowest BCUT2D eigenvalue weighted by Crippen LogP contribution is -2.13. The minimum absolute atomic E-state index is 0.446. The molecule has 0 amide bonds. The third-order valence-corrected chi connectivity index (χ3v) is 3.24. The Morgan fingerprint density at radius 2 is 2.31 bits per heavy atom. The molecule has 1 aliphatic rings. The Balaban J connectivity index is 2.47. The first-order chi connectivity index (χ1) is 6.31. The Bertz CT molecular complexity index is 325. The first kappa shape index (κ1) is 8.97. The molecule has 2 heterocycles. The number of fused-ring (bicyclic) bond motifs is 1. The molecule has 1 aromatic heterocycles. The minimum atomic E-state index is 0.446. The summed E-state index contributed by atoms with van der Waals surface area (Å²) in [7, 11) is 0. The van der Waals surface area contributed by atoms with Gasteiger partial charge in [-0.2, -0.15) is 11.8 Å². The molecule has 0 unspecified atom stereocenters. The van der Waals surface area contributed by atoms with Gasteiger partial charge in [-0.05, 0) is 19.1 Å². The van der Waals surface area contributed by atoms with Crippen LogP contribution in [-0.2, 0) is 18.7 Å². The molecule has 0 atom stereocenters. The van der Waals surface area contributed by atoms with Gasteiger partial charge >= 0.3 is 0 Å². The molecule has 3 nitrogen and oxygen atoms in total. The fourth-order valence-corrected chi connectivity index (χ4v) is 2.61. The zero-order valence-corrected chi connectivity index (χ0v) is 8.52. The van der Waals surface area contributed by atoms with Gasteiger partial charge in [-0.25, -0.2) is 9.97 Å². The van der Waals surface area contributed by atoms with Crippen molar-refractivity contribution in [1.29, 1.82) is 0 Å². The second kappa shape index (κ2) is 3.64. The largest absolute Gasteiger partial charge is 0.324 e. The predicted molar refractivity (Wildman–Crippen MR) is 54.5 cm³/mol. The van der Waals surface area contributed by atoms with Crippen LogP contribution in [0.25, 0.3) is 0 Å². The van der Waals surface area contributed by atoms with Crippen LogP contribution in [0.15, 0.2) is 0 Å². The van der Waals surface area contributed by atoms with Crippen molar-refractivity contribution in [3.8, 4) is 0 Å². The van der Waals surface area contributed by atoms with Crippen LogP contribution >= 0.6 is 11.8 Å². The quantitative estimate of drug-likeness (QED) is 0.727. The van der Waals surface area contributed by atoms with E-state index in [1.165, 1.54) is 17.0 Å². The van der Waals surface area contributed by atoms with E-state index in [2.05, 4.69) is 9.97 Å². The number of hydrogen-bond acceptors (Lipinski definition) is 4. The predicted octanol–water partition coefficient (Wildman–Crippen LogP) is 1.03. The van der Waals surface area contributed by atoms with Crippen molar-refractivity contribution >= 4 is 11.8 Å². The van der Waals surface area contributed by atoms with Crippen LogP contribution < -0.4 is 5.73 Å². The van der Waals surface area contributed by atoms with Crippen LogP contribution in [-0.4, -0.2) is 15.7 Å². The Hall–Kier alpha value is -0.610.